The molecule has 2 saturated heterocycles. The molecule has 1 atom stereocenters. The summed E-state index contributed by atoms with van der Waals surface area (Å²) < 4.78 is 5.94. The van der Waals surface area contributed by atoms with Gasteiger partial charge in [0, 0.05) is 44.0 Å². The van der Waals surface area contributed by atoms with Crippen LogP contribution in [0.3, 0.4) is 0 Å². The third-order valence-corrected chi connectivity index (χ3v) is 4.84. The monoisotopic (exact) mass is 289 g/mol. The Labute approximate surface area is 128 Å². The lowest BCUT2D eigenvalue weighted by atomic mass is 9.80. The number of pyridine rings is 1. The first-order valence-corrected chi connectivity index (χ1v) is 8.21. The van der Waals surface area contributed by atoms with Gasteiger partial charge in [0.25, 0.3) is 0 Å². The Morgan fingerprint density at radius 1 is 1.29 bits per heavy atom. The number of hydrogen-bond acceptors (Lipinski definition) is 4. The molecule has 4 nitrogen and oxygen atoms in total. The molecule has 2 fully saturated rings. The Hall–Kier alpha value is -0.970. The normalized spacial score (nSPS) is 28.6. The second-order valence-corrected chi connectivity index (χ2v) is 6.60. The van der Waals surface area contributed by atoms with Gasteiger partial charge in [0.15, 0.2) is 0 Å². The number of likely N-dealkylation sites (N-methyl/N-ethyl adjacent to an activating group) is 1. The quantitative estimate of drug-likeness (QED) is 0.851. The Morgan fingerprint density at radius 2 is 2.19 bits per heavy atom. The van der Waals surface area contributed by atoms with E-state index in [0.29, 0.717) is 5.41 Å². The molecule has 116 valence electrons. The molecule has 2 aliphatic rings. The standard InChI is InChI=1S/C17H27N3O/c1-2-19-9-10-21-15-17(13-19)6-4-8-20(14-17)12-16-5-3-7-18-11-16/h3,5,7,11H,2,4,6,8-10,12-15H2,1H3. The number of likely N-dealkylation sites (tertiary alicyclic amines) is 1. The van der Waals surface area contributed by atoms with Crippen molar-refractivity contribution in [3.63, 3.8) is 0 Å². The molecule has 4 heteroatoms. The van der Waals surface area contributed by atoms with E-state index < -0.39 is 0 Å². The molecule has 0 bridgehead atoms. The lowest BCUT2D eigenvalue weighted by molar-refractivity contribution is 0.00330. The number of aromatic nitrogens is 1. The van der Waals surface area contributed by atoms with Crippen LogP contribution in [0.1, 0.15) is 25.3 Å². The molecule has 1 aromatic heterocycles. The van der Waals surface area contributed by atoms with E-state index in [1.165, 1.54) is 31.5 Å². The van der Waals surface area contributed by atoms with Crippen LogP contribution >= 0.6 is 0 Å². The third kappa shape index (κ3) is 3.82. The smallest absolute Gasteiger partial charge is 0.0593 e. The predicted octanol–water partition coefficient (Wildman–Crippen LogP) is 2.02. The highest BCUT2D eigenvalue weighted by atomic mass is 16.5. The van der Waals surface area contributed by atoms with Crippen molar-refractivity contribution in [2.24, 2.45) is 5.41 Å². The van der Waals surface area contributed by atoms with Gasteiger partial charge in [0.2, 0.25) is 0 Å². The van der Waals surface area contributed by atoms with Crippen LogP contribution in [0.2, 0.25) is 0 Å². The molecule has 1 unspecified atom stereocenters. The summed E-state index contributed by atoms with van der Waals surface area (Å²) in [5, 5.41) is 0. The van der Waals surface area contributed by atoms with Gasteiger partial charge in [0.05, 0.1) is 13.2 Å². The van der Waals surface area contributed by atoms with Crippen molar-refractivity contribution in [3.8, 4) is 0 Å². The number of piperidine rings is 1. The topological polar surface area (TPSA) is 28.6 Å². The highest BCUT2D eigenvalue weighted by molar-refractivity contribution is 5.08. The van der Waals surface area contributed by atoms with Crippen molar-refractivity contribution < 1.29 is 4.74 Å². The largest absolute Gasteiger partial charge is 0.379 e. The Balaban J connectivity index is 1.66. The lowest BCUT2D eigenvalue weighted by Crippen LogP contribution is -2.50. The van der Waals surface area contributed by atoms with Crippen LogP contribution in [0, 0.1) is 5.41 Å². The van der Waals surface area contributed by atoms with Crippen LogP contribution in [0.5, 0.6) is 0 Å². The molecule has 2 aliphatic heterocycles. The summed E-state index contributed by atoms with van der Waals surface area (Å²) in [6.45, 7) is 10.8. The molecule has 0 saturated carbocycles. The fraction of sp³-hybridized carbons (Fsp3) is 0.706. The van der Waals surface area contributed by atoms with E-state index in [-0.39, 0.29) is 0 Å². The minimum atomic E-state index is 0.326. The fourth-order valence-corrected chi connectivity index (χ4v) is 3.79. The van der Waals surface area contributed by atoms with Gasteiger partial charge in [-0.15, -0.1) is 0 Å². The first-order chi connectivity index (χ1) is 10.3. The van der Waals surface area contributed by atoms with Crippen molar-refractivity contribution in [2.45, 2.75) is 26.3 Å². The molecule has 0 amide bonds. The van der Waals surface area contributed by atoms with Crippen molar-refractivity contribution in [2.75, 3.05) is 45.9 Å². The molecular formula is C17H27N3O. The highest BCUT2D eigenvalue weighted by Crippen LogP contribution is 2.33. The zero-order valence-corrected chi connectivity index (χ0v) is 13.1. The Kier molecular flexibility index (Phi) is 4.88. The molecule has 1 spiro atoms. The average Bonchev–Trinajstić information content (AvgIpc) is 2.71. The highest BCUT2D eigenvalue weighted by Gasteiger charge is 2.38. The number of hydrogen-bond donors (Lipinski definition) is 0. The van der Waals surface area contributed by atoms with Gasteiger partial charge in [-0.3, -0.25) is 9.88 Å². The minimum absolute atomic E-state index is 0.326. The van der Waals surface area contributed by atoms with Crippen molar-refractivity contribution >= 4 is 0 Å². The van der Waals surface area contributed by atoms with Gasteiger partial charge >= 0.3 is 0 Å². The minimum Gasteiger partial charge on any atom is -0.379 e. The number of nitrogens with zero attached hydrogens (tertiary/aromatic N) is 3. The van der Waals surface area contributed by atoms with E-state index in [9.17, 15) is 0 Å². The van der Waals surface area contributed by atoms with Crippen molar-refractivity contribution in [3.05, 3.63) is 30.1 Å². The van der Waals surface area contributed by atoms with Crippen molar-refractivity contribution in [1.82, 2.24) is 14.8 Å². The summed E-state index contributed by atoms with van der Waals surface area (Å²) in [6, 6.07) is 4.21. The van der Waals surface area contributed by atoms with Gasteiger partial charge in [-0.25, -0.2) is 0 Å². The zero-order valence-electron chi connectivity index (χ0n) is 13.1. The van der Waals surface area contributed by atoms with E-state index in [1.54, 1.807) is 0 Å². The average molecular weight is 289 g/mol. The summed E-state index contributed by atoms with van der Waals surface area (Å²) in [7, 11) is 0. The molecule has 3 rings (SSSR count). The van der Waals surface area contributed by atoms with E-state index >= 15 is 0 Å². The van der Waals surface area contributed by atoms with Gasteiger partial charge in [0.1, 0.15) is 0 Å². The maximum absolute atomic E-state index is 5.94. The molecule has 0 N–H and O–H groups in total. The third-order valence-electron chi connectivity index (χ3n) is 4.84. The molecule has 0 aromatic carbocycles. The fourth-order valence-electron chi connectivity index (χ4n) is 3.79. The van der Waals surface area contributed by atoms with Crippen LogP contribution < -0.4 is 0 Å². The molecule has 21 heavy (non-hydrogen) atoms. The number of rotatable bonds is 3. The maximum atomic E-state index is 5.94. The van der Waals surface area contributed by atoms with E-state index in [1.807, 2.05) is 18.5 Å². The second kappa shape index (κ2) is 6.86. The summed E-state index contributed by atoms with van der Waals surface area (Å²) in [5.74, 6) is 0. The van der Waals surface area contributed by atoms with Gasteiger partial charge in [-0.2, -0.15) is 0 Å². The molecular weight excluding hydrogens is 262 g/mol. The SMILES string of the molecule is CCN1CCOCC2(CCCN(Cc3cccnc3)C2)C1. The molecule has 1 aromatic rings. The van der Waals surface area contributed by atoms with Crippen LogP contribution in [-0.2, 0) is 11.3 Å². The summed E-state index contributed by atoms with van der Waals surface area (Å²) in [5.41, 5.74) is 1.64. The molecule has 0 aliphatic carbocycles. The van der Waals surface area contributed by atoms with Crippen LogP contribution in [0.4, 0.5) is 0 Å². The van der Waals surface area contributed by atoms with Crippen LogP contribution in [-0.4, -0.2) is 60.7 Å². The first kappa shape index (κ1) is 14.9. The Morgan fingerprint density at radius 3 is 3.00 bits per heavy atom. The van der Waals surface area contributed by atoms with Crippen molar-refractivity contribution in [1.29, 1.82) is 0 Å². The molecule has 0 radical (unpaired) electrons. The lowest BCUT2D eigenvalue weighted by Gasteiger charge is -2.43. The van der Waals surface area contributed by atoms with Crippen LogP contribution in [0.25, 0.3) is 0 Å². The summed E-state index contributed by atoms with van der Waals surface area (Å²) in [6.07, 6.45) is 6.41. The van der Waals surface area contributed by atoms with Gasteiger partial charge < -0.3 is 9.64 Å². The molecule has 3 heterocycles. The van der Waals surface area contributed by atoms with Crippen LogP contribution in [0.15, 0.2) is 24.5 Å². The summed E-state index contributed by atoms with van der Waals surface area (Å²) >= 11 is 0. The van der Waals surface area contributed by atoms with E-state index in [2.05, 4.69) is 27.8 Å². The predicted molar refractivity (Wildman–Crippen MR) is 84.1 cm³/mol. The van der Waals surface area contributed by atoms with E-state index in [4.69, 9.17) is 4.74 Å². The second-order valence-electron chi connectivity index (χ2n) is 6.60. The number of ether oxygens (including phenoxy) is 1. The van der Waals surface area contributed by atoms with Gasteiger partial charge in [-0.1, -0.05) is 13.0 Å². The Bertz CT molecular complexity index is 439. The summed E-state index contributed by atoms with van der Waals surface area (Å²) in [4.78, 5) is 9.38. The van der Waals surface area contributed by atoms with E-state index in [0.717, 1.165) is 39.4 Å². The van der Waals surface area contributed by atoms with Gasteiger partial charge in [-0.05, 0) is 37.6 Å². The maximum Gasteiger partial charge on any atom is 0.0593 e. The zero-order chi connectivity index (χ0) is 14.5. The first-order valence-electron chi connectivity index (χ1n) is 8.21.